The zero-order valence-corrected chi connectivity index (χ0v) is 11.6. The number of amides is 1. The fraction of sp³-hybridized carbons (Fsp3) is 0.846. The SMILES string of the molecule is CC(C)(C)OC(=O)N[C@@H](CC1CCC(F)C1)C(=O)O. The Morgan fingerprint density at radius 2 is 2.05 bits per heavy atom. The molecule has 1 saturated carbocycles. The van der Waals surface area contributed by atoms with Crippen molar-refractivity contribution in [2.75, 3.05) is 0 Å². The Bertz CT molecular complexity index is 340. The van der Waals surface area contributed by atoms with E-state index in [0.717, 1.165) is 0 Å². The molecule has 1 rings (SSSR count). The van der Waals surface area contributed by atoms with E-state index in [1.807, 2.05) is 0 Å². The normalized spacial score (nSPS) is 24.8. The van der Waals surface area contributed by atoms with Crippen molar-refractivity contribution in [3.63, 3.8) is 0 Å². The Labute approximate surface area is 112 Å². The van der Waals surface area contributed by atoms with E-state index in [1.54, 1.807) is 20.8 Å². The number of carboxylic acid groups (broad SMARTS) is 1. The fourth-order valence-corrected chi connectivity index (χ4v) is 2.23. The number of aliphatic carboxylic acids is 1. The van der Waals surface area contributed by atoms with Gasteiger partial charge < -0.3 is 15.2 Å². The van der Waals surface area contributed by atoms with Gasteiger partial charge in [0.2, 0.25) is 0 Å². The molecule has 1 aliphatic carbocycles. The van der Waals surface area contributed by atoms with Gasteiger partial charge in [-0.25, -0.2) is 14.0 Å². The van der Waals surface area contributed by atoms with Crippen molar-refractivity contribution in [2.45, 2.75) is 64.3 Å². The Balaban J connectivity index is 2.49. The number of hydrogen-bond donors (Lipinski definition) is 2. The molecule has 3 atom stereocenters. The first-order valence-electron chi connectivity index (χ1n) is 6.54. The summed E-state index contributed by atoms with van der Waals surface area (Å²) in [6.07, 6.45) is 0.162. The van der Waals surface area contributed by atoms with E-state index in [-0.39, 0.29) is 12.3 Å². The number of halogens is 1. The van der Waals surface area contributed by atoms with Crippen molar-refractivity contribution < 1.29 is 23.8 Å². The van der Waals surface area contributed by atoms with Crippen LogP contribution in [-0.4, -0.2) is 35.0 Å². The molecule has 6 heteroatoms. The minimum Gasteiger partial charge on any atom is -0.480 e. The maximum atomic E-state index is 13.1. The van der Waals surface area contributed by atoms with E-state index in [4.69, 9.17) is 9.84 Å². The third-order valence-electron chi connectivity index (χ3n) is 3.04. The van der Waals surface area contributed by atoms with Crippen LogP contribution in [0.1, 0.15) is 46.5 Å². The van der Waals surface area contributed by atoms with Gasteiger partial charge in [-0.1, -0.05) is 0 Å². The molecule has 0 aliphatic heterocycles. The Kier molecular flexibility index (Phi) is 5.14. The molecule has 5 nitrogen and oxygen atoms in total. The van der Waals surface area contributed by atoms with E-state index in [2.05, 4.69) is 5.32 Å². The molecule has 1 fully saturated rings. The van der Waals surface area contributed by atoms with Gasteiger partial charge in [0.25, 0.3) is 0 Å². The van der Waals surface area contributed by atoms with Crippen LogP contribution in [0, 0.1) is 5.92 Å². The molecule has 2 N–H and O–H groups in total. The van der Waals surface area contributed by atoms with Crippen LogP contribution in [0.4, 0.5) is 9.18 Å². The van der Waals surface area contributed by atoms with Crippen LogP contribution in [-0.2, 0) is 9.53 Å². The van der Waals surface area contributed by atoms with Gasteiger partial charge in [-0.2, -0.15) is 0 Å². The van der Waals surface area contributed by atoms with E-state index in [9.17, 15) is 14.0 Å². The average molecular weight is 275 g/mol. The molecule has 0 aromatic rings. The topological polar surface area (TPSA) is 75.6 Å². The molecule has 0 heterocycles. The maximum absolute atomic E-state index is 13.1. The van der Waals surface area contributed by atoms with Crippen LogP contribution in [0.5, 0.6) is 0 Å². The van der Waals surface area contributed by atoms with Crippen molar-refractivity contribution in [3.05, 3.63) is 0 Å². The fourth-order valence-electron chi connectivity index (χ4n) is 2.23. The summed E-state index contributed by atoms with van der Waals surface area (Å²) in [4.78, 5) is 22.6. The molecule has 2 unspecified atom stereocenters. The number of carbonyl (C=O) groups is 2. The van der Waals surface area contributed by atoms with E-state index in [1.165, 1.54) is 0 Å². The van der Waals surface area contributed by atoms with Gasteiger partial charge in [0.15, 0.2) is 0 Å². The van der Waals surface area contributed by atoms with Crippen LogP contribution in [0.2, 0.25) is 0 Å². The van der Waals surface area contributed by atoms with Crippen molar-refractivity contribution in [3.8, 4) is 0 Å². The largest absolute Gasteiger partial charge is 0.480 e. The highest BCUT2D eigenvalue weighted by Gasteiger charge is 2.31. The monoisotopic (exact) mass is 275 g/mol. The first kappa shape index (κ1) is 15.7. The Hall–Kier alpha value is -1.33. The molecule has 0 saturated heterocycles. The highest BCUT2D eigenvalue weighted by atomic mass is 19.1. The summed E-state index contributed by atoms with van der Waals surface area (Å²) in [5.41, 5.74) is -0.676. The number of carbonyl (C=O) groups excluding carboxylic acids is 1. The first-order valence-corrected chi connectivity index (χ1v) is 6.54. The standard InChI is InChI=1S/C13H22FNO4/c1-13(2,3)19-12(18)15-10(11(16)17)7-8-4-5-9(14)6-8/h8-10H,4-7H2,1-3H3,(H,15,18)(H,16,17)/t8?,9?,10-/m0/s1. The van der Waals surface area contributed by atoms with Crippen LogP contribution in [0.15, 0.2) is 0 Å². The van der Waals surface area contributed by atoms with Crippen LogP contribution >= 0.6 is 0 Å². The number of alkyl halides is 1. The molecule has 1 amide bonds. The highest BCUT2D eigenvalue weighted by Crippen LogP contribution is 2.31. The lowest BCUT2D eigenvalue weighted by Gasteiger charge is -2.23. The predicted octanol–water partition coefficient (Wildman–Crippen LogP) is 2.49. The lowest BCUT2D eigenvalue weighted by molar-refractivity contribution is -0.140. The molecule has 19 heavy (non-hydrogen) atoms. The molecule has 0 bridgehead atoms. The lowest BCUT2D eigenvalue weighted by atomic mass is 9.98. The molecule has 0 aromatic heterocycles. The van der Waals surface area contributed by atoms with Gasteiger partial charge in [0.1, 0.15) is 17.8 Å². The van der Waals surface area contributed by atoms with Gasteiger partial charge in [-0.3, -0.25) is 0 Å². The second-order valence-corrected chi connectivity index (χ2v) is 6.05. The van der Waals surface area contributed by atoms with E-state index >= 15 is 0 Å². The molecule has 1 aliphatic rings. The number of alkyl carbamates (subject to hydrolysis) is 1. The van der Waals surface area contributed by atoms with E-state index < -0.39 is 29.9 Å². The number of carboxylic acids is 1. The zero-order chi connectivity index (χ0) is 14.6. The number of hydrogen-bond acceptors (Lipinski definition) is 3. The Morgan fingerprint density at radius 1 is 1.42 bits per heavy atom. The third kappa shape index (κ3) is 5.89. The van der Waals surface area contributed by atoms with Gasteiger partial charge in [-0.05, 0) is 52.4 Å². The number of ether oxygens (including phenoxy) is 1. The Morgan fingerprint density at radius 3 is 2.47 bits per heavy atom. The predicted molar refractivity (Wildman–Crippen MR) is 67.6 cm³/mol. The minimum absolute atomic E-state index is 0.00559. The van der Waals surface area contributed by atoms with Crippen LogP contribution in [0.3, 0.4) is 0 Å². The zero-order valence-electron chi connectivity index (χ0n) is 11.6. The molecular weight excluding hydrogens is 253 g/mol. The second-order valence-electron chi connectivity index (χ2n) is 6.05. The van der Waals surface area contributed by atoms with Crippen molar-refractivity contribution in [1.82, 2.24) is 5.32 Å². The average Bonchev–Trinajstić information content (AvgIpc) is 2.60. The van der Waals surface area contributed by atoms with Gasteiger partial charge in [0, 0.05) is 0 Å². The maximum Gasteiger partial charge on any atom is 0.408 e. The van der Waals surface area contributed by atoms with Gasteiger partial charge in [-0.15, -0.1) is 0 Å². The van der Waals surface area contributed by atoms with Crippen molar-refractivity contribution in [2.24, 2.45) is 5.92 Å². The summed E-state index contributed by atoms with van der Waals surface area (Å²) in [6.45, 7) is 5.10. The van der Waals surface area contributed by atoms with Crippen LogP contribution < -0.4 is 5.32 Å². The third-order valence-corrected chi connectivity index (χ3v) is 3.04. The quantitative estimate of drug-likeness (QED) is 0.826. The first-order chi connectivity index (χ1) is 8.67. The lowest BCUT2D eigenvalue weighted by Crippen LogP contribution is -2.44. The van der Waals surface area contributed by atoms with Crippen molar-refractivity contribution in [1.29, 1.82) is 0 Å². The number of rotatable bonds is 4. The van der Waals surface area contributed by atoms with Gasteiger partial charge in [0.05, 0.1) is 0 Å². The molecular formula is C13H22FNO4. The summed E-state index contributed by atoms with van der Waals surface area (Å²) < 4.78 is 18.1. The summed E-state index contributed by atoms with van der Waals surface area (Å²) in [5.74, 6) is -1.11. The molecule has 0 radical (unpaired) electrons. The van der Waals surface area contributed by atoms with E-state index in [0.29, 0.717) is 19.3 Å². The van der Waals surface area contributed by atoms with Crippen molar-refractivity contribution >= 4 is 12.1 Å². The molecule has 0 aromatic carbocycles. The summed E-state index contributed by atoms with van der Waals surface area (Å²) >= 11 is 0. The second kappa shape index (κ2) is 6.21. The highest BCUT2D eigenvalue weighted by molar-refractivity contribution is 5.80. The summed E-state index contributed by atoms with van der Waals surface area (Å²) in [7, 11) is 0. The molecule has 110 valence electrons. The summed E-state index contributed by atoms with van der Waals surface area (Å²) in [5, 5.41) is 11.4. The summed E-state index contributed by atoms with van der Waals surface area (Å²) in [6, 6.07) is -1.02. The number of nitrogens with one attached hydrogen (secondary N) is 1. The van der Waals surface area contributed by atoms with Crippen LogP contribution in [0.25, 0.3) is 0 Å². The van der Waals surface area contributed by atoms with Gasteiger partial charge >= 0.3 is 12.1 Å². The molecule has 0 spiro atoms. The smallest absolute Gasteiger partial charge is 0.408 e. The minimum atomic E-state index is -1.12.